The molecule has 1 unspecified atom stereocenters. The van der Waals surface area contributed by atoms with E-state index in [4.69, 9.17) is 4.74 Å². The Hall–Kier alpha value is -2.04. The lowest BCUT2D eigenvalue weighted by Crippen LogP contribution is -2.43. The molecule has 1 heterocycles. The quantitative estimate of drug-likeness (QED) is 0.523. The monoisotopic (exact) mass is 331 g/mol. The SMILES string of the molecule is CN=C(NCC(=O)OC(C)(C)C)N1CCC(Cc2ccccc2)C1. The Labute approximate surface area is 145 Å². The summed E-state index contributed by atoms with van der Waals surface area (Å²) in [5.41, 5.74) is 0.914. The minimum absolute atomic E-state index is 0.143. The summed E-state index contributed by atoms with van der Waals surface area (Å²) in [6, 6.07) is 10.6. The first kappa shape index (κ1) is 18.3. The molecule has 0 saturated carbocycles. The third-order valence-electron chi connectivity index (χ3n) is 3.98. The summed E-state index contributed by atoms with van der Waals surface area (Å²) in [6.07, 6.45) is 2.22. The summed E-state index contributed by atoms with van der Waals surface area (Å²) in [4.78, 5) is 18.4. The predicted molar refractivity (Wildman–Crippen MR) is 97.0 cm³/mol. The Morgan fingerprint density at radius 1 is 1.33 bits per heavy atom. The average molecular weight is 331 g/mol. The van der Waals surface area contributed by atoms with Gasteiger partial charge in [-0.15, -0.1) is 0 Å². The van der Waals surface area contributed by atoms with Gasteiger partial charge in [-0.1, -0.05) is 30.3 Å². The van der Waals surface area contributed by atoms with E-state index in [0.717, 1.165) is 31.9 Å². The predicted octanol–water partition coefficient (Wildman–Crippen LogP) is 2.47. The maximum atomic E-state index is 11.8. The second-order valence-corrected chi connectivity index (χ2v) is 7.28. The smallest absolute Gasteiger partial charge is 0.325 e. The van der Waals surface area contributed by atoms with E-state index in [1.165, 1.54) is 5.56 Å². The van der Waals surface area contributed by atoms with Crippen molar-refractivity contribution in [1.82, 2.24) is 10.2 Å². The molecule has 0 spiro atoms. The maximum Gasteiger partial charge on any atom is 0.325 e. The van der Waals surface area contributed by atoms with E-state index < -0.39 is 5.60 Å². The number of guanidine groups is 1. The van der Waals surface area contributed by atoms with Gasteiger partial charge in [-0.2, -0.15) is 0 Å². The van der Waals surface area contributed by atoms with Gasteiger partial charge >= 0.3 is 5.97 Å². The number of ether oxygens (including phenoxy) is 1. The first-order valence-corrected chi connectivity index (χ1v) is 8.59. The molecule has 1 atom stereocenters. The highest BCUT2D eigenvalue weighted by Gasteiger charge is 2.25. The fourth-order valence-corrected chi connectivity index (χ4v) is 3.00. The van der Waals surface area contributed by atoms with Crippen molar-refractivity contribution >= 4 is 11.9 Å². The molecule has 5 nitrogen and oxygen atoms in total. The number of carbonyl (C=O) groups is 1. The van der Waals surface area contributed by atoms with Crippen molar-refractivity contribution in [2.24, 2.45) is 10.9 Å². The van der Waals surface area contributed by atoms with Crippen molar-refractivity contribution in [3.8, 4) is 0 Å². The molecule has 1 aromatic rings. The van der Waals surface area contributed by atoms with Crippen LogP contribution >= 0.6 is 0 Å². The molecule has 24 heavy (non-hydrogen) atoms. The van der Waals surface area contributed by atoms with Crippen LogP contribution in [0.5, 0.6) is 0 Å². The molecule has 0 amide bonds. The molecule has 132 valence electrons. The minimum atomic E-state index is -0.462. The van der Waals surface area contributed by atoms with Crippen LogP contribution in [0.1, 0.15) is 32.8 Å². The highest BCUT2D eigenvalue weighted by atomic mass is 16.6. The molecular formula is C19H29N3O2. The van der Waals surface area contributed by atoms with Crippen LogP contribution in [0.4, 0.5) is 0 Å². The van der Waals surface area contributed by atoms with Crippen LogP contribution in [-0.2, 0) is 16.0 Å². The zero-order chi connectivity index (χ0) is 17.6. The standard InChI is InChI=1S/C19H29N3O2/c1-19(2,3)24-17(23)13-21-18(20-4)22-11-10-16(14-22)12-15-8-6-5-7-9-15/h5-9,16H,10-14H2,1-4H3,(H,20,21). The van der Waals surface area contributed by atoms with Crippen LogP contribution in [0.3, 0.4) is 0 Å². The number of carbonyl (C=O) groups excluding carboxylic acids is 1. The highest BCUT2D eigenvalue weighted by molar-refractivity contribution is 5.84. The van der Waals surface area contributed by atoms with Crippen LogP contribution < -0.4 is 5.32 Å². The molecule has 0 radical (unpaired) electrons. The Bertz CT molecular complexity index is 564. The molecule has 0 aromatic heterocycles. The number of benzene rings is 1. The molecule has 2 rings (SSSR count). The molecule has 1 saturated heterocycles. The van der Waals surface area contributed by atoms with Gasteiger partial charge in [0.05, 0.1) is 0 Å². The van der Waals surface area contributed by atoms with Gasteiger partial charge in [0, 0.05) is 20.1 Å². The highest BCUT2D eigenvalue weighted by Crippen LogP contribution is 2.20. The van der Waals surface area contributed by atoms with Crippen molar-refractivity contribution in [1.29, 1.82) is 0 Å². The first-order valence-electron chi connectivity index (χ1n) is 8.59. The maximum absolute atomic E-state index is 11.8. The number of rotatable bonds is 4. The molecule has 1 aromatic carbocycles. The summed E-state index contributed by atoms with van der Waals surface area (Å²) in [7, 11) is 1.75. The van der Waals surface area contributed by atoms with Gasteiger partial charge in [-0.25, -0.2) is 0 Å². The van der Waals surface area contributed by atoms with E-state index in [0.29, 0.717) is 5.92 Å². The van der Waals surface area contributed by atoms with Gasteiger partial charge < -0.3 is 15.0 Å². The Kier molecular flexibility index (Phi) is 6.23. The van der Waals surface area contributed by atoms with Crippen molar-refractivity contribution < 1.29 is 9.53 Å². The van der Waals surface area contributed by atoms with Crippen LogP contribution in [0, 0.1) is 5.92 Å². The fourth-order valence-electron chi connectivity index (χ4n) is 3.00. The number of aliphatic imine (C=N–C) groups is 1. The summed E-state index contributed by atoms with van der Waals surface area (Å²) in [5.74, 6) is 1.13. The van der Waals surface area contributed by atoms with Gasteiger partial charge in [0.15, 0.2) is 5.96 Å². The fraction of sp³-hybridized carbons (Fsp3) is 0.579. The van der Waals surface area contributed by atoms with Crippen molar-refractivity contribution in [3.05, 3.63) is 35.9 Å². The van der Waals surface area contributed by atoms with Gasteiger partial charge in [0.1, 0.15) is 12.1 Å². The number of hydrogen-bond donors (Lipinski definition) is 1. The number of likely N-dealkylation sites (tertiary alicyclic amines) is 1. The first-order chi connectivity index (χ1) is 11.4. The largest absolute Gasteiger partial charge is 0.459 e. The van der Waals surface area contributed by atoms with Gasteiger partial charge in [0.25, 0.3) is 0 Å². The van der Waals surface area contributed by atoms with Crippen molar-refractivity contribution in [2.75, 3.05) is 26.7 Å². The van der Waals surface area contributed by atoms with Crippen molar-refractivity contribution in [3.63, 3.8) is 0 Å². The van der Waals surface area contributed by atoms with Crippen LogP contribution in [0.15, 0.2) is 35.3 Å². The zero-order valence-electron chi connectivity index (χ0n) is 15.2. The number of nitrogens with zero attached hydrogens (tertiary/aromatic N) is 2. The van der Waals surface area contributed by atoms with E-state index >= 15 is 0 Å². The summed E-state index contributed by atoms with van der Waals surface area (Å²) >= 11 is 0. The molecule has 0 aliphatic carbocycles. The zero-order valence-corrected chi connectivity index (χ0v) is 15.2. The van der Waals surface area contributed by atoms with Gasteiger partial charge in [0.2, 0.25) is 0 Å². The second-order valence-electron chi connectivity index (χ2n) is 7.28. The lowest BCUT2D eigenvalue weighted by Gasteiger charge is -2.23. The van der Waals surface area contributed by atoms with E-state index in [2.05, 4.69) is 39.5 Å². The van der Waals surface area contributed by atoms with E-state index in [1.807, 2.05) is 26.8 Å². The second kappa shape index (κ2) is 8.18. The van der Waals surface area contributed by atoms with Crippen molar-refractivity contribution in [2.45, 2.75) is 39.2 Å². The topological polar surface area (TPSA) is 53.9 Å². The Balaban J connectivity index is 1.81. The molecule has 1 aliphatic heterocycles. The molecule has 1 fully saturated rings. The molecular weight excluding hydrogens is 302 g/mol. The van der Waals surface area contributed by atoms with Crippen LogP contribution in [-0.4, -0.2) is 49.1 Å². The van der Waals surface area contributed by atoms with Gasteiger partial charge in [-0.05, 0) is 45.1 Å². The van der Waals surface area contributed by atoms with E-state index in [1.54, 1.807) is 7.05 Å². The normalized spacial score (nSPS) is 18.6. The summed E-state index contributed by atoms with van der Waals surface area (Å²) in [6.45, 7) is 7.68. The third-order valence-corrected chi connectivity index (χ3v) is 3.98. The van der Waals surface area contributed by atoms with Crippen LogP contribution in [0.25, 0.3) is 0 Å². The van der Waals surface area contributed by atoms with Gasteiger partial charge in [-0.3, -0.25) is 9.79 Å². The lowest BCUT2D eigenvalue weighted by molar-refractivity contribution is -0.153. The third kappa shape index (κ3) is 5.87. The Morgan fingerprint density at radius 3 is 2.67 bits per heavy atom. The van der Waals surface area contributed by atoms with E-state index in [-0.39, 0.29) is 12.5 Å². The summed E-state index contributed by atoms with van der Waals surface area (Å²) in [5, 5.41) is 3.12. The minimum Gasteiger partial charge on any atom is -0.459 e. The summed E-state index contributed by atoms with van der Waals surface area (Å²) < 4.78 is 5.32. The number of nitrogens with one attached hydrogen (secondary N) is 1. The molecule has 1 aliphatic rings. The number of hydrogen-bond acceptors (Lipinski definition) is 3. The van der Waals surface area contributed by atoms with Crippen LogP contribution in [0.2, 0.25) is 0 Å². The number of esters is 1. The molecule has 1 N–H and O–H groups in total. The molecule has 5 heteroatoms. The Morgan fingerprint density at radius 2 is 2.04 bits per heavy atom. The van der Waals surface area contributed by atoms with E-state index in [9.17, 15) is 4.79 Å². The molecule has 0 bridgehead atoms. The lowest BCUT2D eigenvalue weighted by atomic mass is 9.99. The average Bonchev–Trinajstić information content (AvgIpc) is 2.95.